The summed E-state index contributed by atoms with van der Waals surface area (Å²) in [5.41, 5.74) is -1.16. The van der Waals surface area contributed by atoms with Crippen molar-refractivity contribution in [2.75, 3.05) is 0 Å². The van der Waals surface area contributed by atoms with E-state index in [1.165, 1.54) is 29.3 Å². The van der Waals surface area contributed by atoms with Gasteiger partial charge in [-0.15, -0.1) is 0 Å². The SMILES string of the molecule is O=C(c1cnccc1C(F)(F)F)c1cnn2ccncc12. The van der Waals surface area contributed by atoms with E-state index in [4.69, 9.17) is 0 Å². The molecule has 3 aromatic heterocycles. The molecule has 3 rings (SSSR count). The van der Waals surface area contributed by atoms with E-state index in [9.17, 15) is 18.0 Å². The molecule has 0 atom stereocenters. The zero-order chi connectivity index (χ0) is 15.0. The summed E-state index contributed by atoms with van der Waals surface area (Å²) in [5.74, 6) is -0.793. The molecule has 0 fully saturated rings. The zero-order valence-electron chi connectivity index (χ0n) is 10.4. The van der Waals surface area contributed by atoms with Gasteiger partial charge >= 0.3 is 6.18 Å². The van der Waals surface area contributed by atoms with Crippen LogP contribution in [-0.2, 0) is 6.18 Å². The molecule has 0 N–H and O–H groups in total. The molecule has 0 aliphatic carbocycles. The van der Waals surface area contributed by atoms with Crippen LogP contribution < -0.4 is 0 Å². The topological polar surface area (TPSA) is 60.2 Å². The predicted molar refractivity (Wildman–Crippen MR) is 65.7 cm³/mol. The first kappa shape index (κ1) is 13.2. The molecule has 21 heavy (non-hydrogen) atoms. The predicted octanol–water partition coefficient (Wildman–Crippen LogP) is 2.37. The summed E-state index contributed by atoms with van der Waals surface area (Å²) in [6.07, 6.45) is 2.81. The highest BCUT2D eigenvalue weighted by Crippen LogP contribution is 2.32. The van der Waals surface area contributed by atoms with Gasteiger partial charge in [-0.25, -0.2) is 4.52 Å². The van der Waals surface area contributed by atoms with Crippen molar-refractivity contribution in [2.45, 2.75) is 6.18 Å². The van der Waals surface area contributed by atoms with Gasteiger partial charge in [0.05, 0.1) is 34.6 Å². The number of carbonyl (C=O) groups is 1. The first-order chi connectivity index (χ1) is 9.98. The van der Waals surface area contributed by atoms with Gasteiger partial charge in [0.25, 0.3) is 0 Å². The van der Waals surface area contributed by atoms with Crippen molar-refractivity contribution in [3.05, 3.63) is 59.9 Å². The van der Waals surface area contributed by atoms with Gasteiger partial charge in [0.15, 0.2) is 5.78 Å². The molecule has 0 aliphatic heterocycles. The van der Waals surface area contributed by atoms with Crippen molar-refractivity contribution in [1.29, 1.82) is 0 Å². The second-order valence-corrected chi connectivity index (χ2v) is 4.21. The summed E-state index contributed by atoms with van der Waals surface area (Å²) in [6.45, 7) is 0. The molecule has 5 nitrogen and oxygen atoms in total. The maximum absolute atomic E-state index is 13.0. The van der Waals surface area contributed by atoms with Crippen LogP contribution in [0.1, 0.15) is 21.5 Å². The van der Waals surface area contributed by atoms with E-state index < -0.39 is 23.1 Å². The minimum Gasteiger partial charge on any atom is -0.288 e. The molecular weight excluding hydrogens is 285 g/mol. The molecule has 0 aromatic carbocycles. The van der Waals surface area contributed by atoms with Gasteiger partial charge in [0.2, 0.25) is 0 Å². The molecule has 0 saturated carbocycles. The highest BCUT2D eigenvalue weighted by atomic mass is 19.4. The average Bonchev–Trinajstić information content (AvgIpc) is 2.89. The molecule has 0 bridgehead atoms. The Hall–Kier alpha value is -2.77. The summed E-state index contributed by atoms with van der Waals surface area (Å²) in [6, 6.07) is 0.775. The van der Waals surface area contributed by atoms with E-state index in [1.807, 2.05) is 0 Å². The van der Waals surface area contributed by atoms with Gasteiger partial charge < -0.3 is 0 Å². The maximum atomic E-state index is 13.0. The minimum absolute atomic E-state index is 0.0431. The van der Waals surface area contributed by atoms with Crippen LogP contribution in [0.25, 0.3) is 5.52 Å². The fourth-order valence-corrected chi connectivity index (χ4v) is 1.98. The molecular formula is C13H7F3N4O. The maximum Gasteiger partial charge on any atom is 0.417 e. The molecule has 0 unspecified atom stereocenters. The second kappa shape index (κ2) is 4.65. The van der Waals surface area contributed by atoms with E-state index in [0.29, 0.717) is 5.52 Å². The Kier molecular flexibility index (Phi) is 2.93. The fourth-order valence-electron chi connectivity index (χ4n) is 1.98. The fraction of sp³-hybridized carbons (Fsp3) is 0.0769. The molecule has 3 aromatic rings. The van der Waals surface area contributed by atoms with Crippen LogP contribution >= 0.6 is 0 Å². The molecule has 8 heteroatoms. The van der Waals surface area contributed by atoms with Crippen molar-refractivity contribution in [3.8, 4) is 0 Å². The number of ketones is 1. The molecule has 0 radical (unpaired) electrons. The Morgan fingerprint density at radius 3 is 2.57 bits per heavy atom. The second-order valence-electron chi connectivity index (χ2n) is 4.21. The summed E-state index contributed by atoms with van der Waals surface area (Å²) in [4.78, 5) is 19.8. The number of rotatable bonds is 2. The van der Waals surface area contributed by atoms with E-state index in [2.05, 4.69) is 15.1 Å². The summed E-state index contributed by atoms with van der Waals surface area (Å²) in [7, 11) is 0. The van der Waals surface area contributed by atoms with E-state index in [0.717, 1.165) is 18.5 Å². The number of aromatic nitrogens is 4. The smallest absolute Gasteiger partial charge is 0.288 e. The van der Waals surface area contributed by atoms with Crippen LogP contribution in [-0.4, -0.2) is 25.4 Å². The van der Waals surface area contributed by atoms with Crippen LogP contribution in [0, 0.1) is 0 Å². The monoisotopic (exact) mass is 292 g/mol. The third kappa shape index (κ3) is 2.24. The van der Waals surface area contributed by atoms with Crippen molar-refractivity contribution in [1.82, 2.24) is 19.6 Å². The van der Waals surface area contributed by atoms with E-state index in [1.54, 1.807) is 0 Å². The number of carbonyl (C=O) groups excluding carboxylic acids is 1. The number of pyridine rings is 1. The van der Waals surface area contributed by atoms with Gasteiger partial charge in [0, 0.05) is 24.8 Å². The van der Waals surface area contributed by atoms with Crippen LogP contribution in [0.4, 0.5) is 13.2 Å². The van der Waals surface area contributed by atoms with Gasteiger partial charge in [0.1, 0.15) is 0 Å². The molecule has 3 heterocycles. The van der Waals surface area contributed by atoms with Crippen LogP contribution in [0.15, 0.2) is 43.2 Å². The zero-order valence-corrected chi connectivity index (χ0v) is 10.4. The van der Waals surface area contributed by atoms with Crippen molar-refractivity contribution >= 4 is 11.3 Å². The highest BCUT2D eigenvalue weighted by Gasteiger charge is 2.35. The lowest BCUT2D eigenvalue weighted by atomic mass is 10.0. The van der Waals surface area contributed by atoms with E-state index >= 15 is 0 Å². The number of alkyl halides is 3. The Labute approximate surface area is 116 Å². The summed E-state index contributed by atoms with van der Waals surface area (Å²) in [5, 5.41) is 3.91. The Morgan fingerprint density at radius 1 is 1.05 bits per heavy atom. The number of halogens is 3. The molecule has 0 aliphatic rings. The quantitative estimate of drug-likeness (QED) is 0.680. The van der Waals surface area contributed by atoms with E-state index in [-0.39, 0.29) is 5.56 Å². The van der Waals surface area contributed by atoms with Crippen molar-refractivity contribution < 1.29 is 18.0 Å². The minimum atomic E-state index is -4.63. The van der Waals surface area contributed by atoms with Gasteiger partial charge in [-0.3, -0.25) is 14.8 Å². The van der Waals surface area contributed by atoms with Crippen LogP contribution in [0.3, 0.4) is 0 Å². The molecule has 0 amide bonds. The standard InChI is InChI=1S/C13H7F3N4O/c14-13(15,16)10-1-2-17-5-8(10)12(21)9-6-19-20-4-3-18-7-11(9)20/h1-7H. The largest absolute Gasteiger partial charge is 0.417 e. The van der Waals surface area contributed by atoms with Crippen LogP contribution in [0.5, 0.6) is 0 Å². The lowest BCUT2D eigenvalue weighted by Crippen LogP contribution is -2.14. The first-order valence-corrected chi connectivity index (χ1v) is 5.82. The third-order valence-corrected chi connectivity index (χ3v) is 2.94. The van der Waals surface area contributed by atoms with Crippen molar-refractivity contribution in [3.63, 3.8) is 0 Å². The normalized spacial score (nSPS) is 11.8. The van der Waals surface area contributed by atoms with Gasteiger partial charge in [-0.2, -0.15) is 18.3 Å². The molecule has 0 spiro atoms. The van der Waals surface area contributed by atoms with Gasteiger partial charge in [-0.05, 0) is 6.07 Å². The number of hydrogen-bond acceptors (Lipinski definition) is 4. The van der Waals surface area contributed by atoms with Gasteiger partial charge in [-0.1, -0.05) is 0 Å². The summed E-state index contributed by atoms with van der Waals surface area (Å²) < 4.78 is 40.2. The molecule has 0 saturated heterocycles. The Bertz CT molecular complexity index is 825. The summed E-state index contributed by atoms with van der Waals surface area (Å²) >= 11 is 0. The highest BCUT2D eigenvalue weighted by molar-refractivity contribution is 6.13. The number of hydrogen-bond donors (Lipinski definition) is 0. The third-order valence-electron chi connectivity index (χ3n) is 2.94. The lowest BCUT2D eigenvalue weighted by Gasteiger charge is -2.10. The van der Waals surface area contributed by atoms with Crippen LogP contribution in [0.2, 0.25) is 0 Å². The van der Waals surface area contributed by atoms with Crippen molar-refractivity contribution in [2.24, 2.45) is 0 Å². The lowest BCUT2D eigenvalue weighted by molar-refractivity contribution is -0.137. The molecule has 106 valence electrons. The number of fused-ring (bicyclic) bond motifs is 1. The number of nitrogens with zero attached hydrogens (tertiary/aromatic N) is 4. The Balaban J connectivity index is 2.16. The average molecular weight is 292 g/mol. The Morgan fingerprint density at radius 2 is 1.81 bits per heavy atom. The first-order valence-electron chi connectivity index (χ1n) is 5.82.